The molecular formula is C14H10FNO4. The van der Waals surface area contributed by atoms with Gasteiger partial charge in [0.05, 0.1) is 10.5 Å². The number of benzene rings is 2. The molecule has 0 spiro atoms. The van der Waals surface area contributed by atoms with Gasteiger partial charge in [-0.2, -0.15) is 0 Å². The zero-order valence-electron chi connectivity index (χ0n) is 10.5. The maximum Gasteiger partial charge on any atom is 0.269 e. The van der Waals surface area contributed by atoms with Crippen molar-refractivity contribution in [1.29, 1.82) is 0 Å². The number of hydrogen-bond acceptors (Lipinski definition) is 4. The van der Waals surface area contributed by atoms with E-state index in [9.17, 15) is 19.3 Å². The second kappa shape index (κ2) is 5.48. The van der Waals surface area contributed by atoms with Crippen LogP contribution in [0.2, 0.25) is 0 Å². The van der Waals surface area contributed by atoms with Gasteiger partial charge in [0.25, 0.3) is 5.69 Å². The number of nitro groups is 1. The molecule has 0 saturated heterocycles. The van der Waals surface area contributed by atoms with Crippen LogP contribution in [0.3, 0.4) is 0 Å². The molecule has 2 aromatic rings. The lowest BCUT2D eigenvalue weighted by Gasteiger charge is -2.09. The van der Waals surface area contributed by atoms with Crippen molar-refractivity contribution < 1.29 is 18.8 Å². The van der Waals surface area contributed by atoms with Crippen LogP contribution in [0.15, 0.2) is 42.5 Å². The molecule has 0 amide bonds. The Labute approximate surface area is 113 Å². The number of nitrogens with zero attached hydrogens (tertiary/aromatic N) is 1. The summed E-state index contributed by atoms with van der Waals surface area (Å²) in [6, 6.07) is 9.34. The average Bonchev–Trinajstić information content (AvgIpc) is 2.39. The lowest BCUT2D eigenvalue weighted by atomic mass is 10.1. The summed E-state index contributed by atoms with van der Waals surface area (Å²) in [6.45, 7) is 1.24. The van der Waals surface area contributed by atoms with Gasteiger partial charge >= 0.3 is 0 Å². The predicted molar refractivity (Wildman–Crippen MR) is 69.6 cm³/mol. The highest BCUT2D eigenvalue weighted by molar-refractivity contribution is 5.97. The molecule has 0 aromatic heterocycles. The van der Waals surface area contributed by atoms with E-state index in [1.165, 1.54) is 49.4 Å². The molecule has 0 saturated carbocycles. The van der Waals surface area contributed by atoms with Crippen molar-refractivity contribution >= 4 is 11.5 Å². The van der Waals surface area contributed by atoms with Crippen molar-refractivity contribution in [2.75, 3.05) is 0 Å². The van der Waals surface area contributed by atoms with Gasteiger partial charge in [0.15, 0.2) is 5.78 Å². The van der Waals surface area contributed by atoms with Gasteiger partial charge < -0.3 is 4.74 Å². The highest BCUT2D eigenvalue weighted by atomic mass is 19.1. The molecule has 0 N–H and O–H groups in total. The number of halogens is 1. The molecule has 0 fully saturated rings. The van der Waals surface area contributed by atoms with Crippen LogP contribution in [-0.2, 0) is 0 Å². The van der Waals surface area contributed by atoms with Gasteiger partial charge in [0.1, 0.15) is 17.3 Å². The first-order valence-electron chi connectivity index (χ1n) is 5.71. The first-order chi connectivity index (χ1) is 9.49. The van der Waals surface area contributed by atoms with E-state index in [0.717, 1.165) is 0 Å². The van der Waals surface area contributed by atoms with E-state index in [1.807, 2.05) is 0 Å². The molecular weight excluding hydrogens is 265 g/mol. The quantitative estimate of drug-likeness (QED) is 0.484. The Morgan fingerprint density at radius 2 is 1.85 bits per heavy atom. The van der Waals surface area contributed by atoms with Crippen molar-refractivity contribution in [3.8, 4) is 11.5 Å². The van der Waals surface area contributed by atoms with E-state index in [1.54, 1.807) is 0 Å². The normalized spacial score (nSPS) is 10.1. The molecule has 6 heteroatoms. The Morgan fingerprint density at radius 1 is 1.20 bits per heavy atom. The number of nitro benzene ring substituents is 1. The fraction of sp³-hybridized carbons (Fsp3) is 0.0714. The number of ketones is 1. The number of Topliss-reactive ketones (excluding diaryl/α,β-unsaturated/α-hetero) is 1. The average molecular weight is 275 g/mol. The zero-order chi connectivity index (χ0) is 14.7. The second-order valence-corrected chi connectivity index (χ2v) is 4.02. The Kier molecular flexibility index (Phi) is 3.74. The predicted octanol–water partition coefficient (Wildman–Crippen LogP) is 3.73. The molecule has 0 bridgehead atoms. The monoisotopic (exact) mass is 275 g/mol. The summed E-state index contributed by atoms with van der Waals surface area (Å²) in [5.41, 5.74) is -0.228. The van der Waals surface area contributed by atoms with E-state index >= 15 is 0 Å². The Hall–Kier alpha value is -2.76. The SMILES string of the molecule is CC(=O)c1c(F)cccc1Oc1ccc([N+](=O)[O-])cc1. The van der Waals surface area contributed by atoms with Crippen LogP contribution in [-0.4, -0.2) is 10.7 Å². The van der Waals surface area contributed by atoms with Crippen molar-refractivity contribution in [2.24, 2.45) is 0 Å². The van der Waals surface area contributed by atoms with Gasteiger partial charge in [-0.1, -0.05) is 6.07 Å². The Balaban J connectivity index is 2.33. The molecule has 0 aliphatic heterocycles. The van der Waals surface area contributed by atoms with Crippen LogP contribution in [0, 0.1) is 15.9 Å². The van der Waals surface area contributed by atoms with E-state index in [0.29, 0.717) is 0 Å². The number of carbonyl (C=O) groups excluding carboxylic acids is 1. The van der Waals surface area contributed by atoms with Crippen molar-refractivity contribution in [3.63, 3.8) is 0 Å². The molecule has 0 aliphatic rings. The summed E-state index contributed by atoms with van der Waals surface area (Å²) in [5, 5.41) is 10.5. The van der Waals surface area contributed by atoms with Gasteiger partial charge in [-0.15, -0.1) is 0 Å². The van der Waals surface area contributed by atoms with Crippen LogP contribution in [0.5, 0.6) is 11.5 Å². The van der Waals surface area contributed by atoms with Crippen LogP contribution in [0.25, 0.3) is 0 Å². The number of carbonyl (C=O) groups is 1. The van der Waals surface area contributed by atoms with E-state index in [4.69, 9.17) is 4.74 Å². The summed E-state index contributed by atoms with van der Waals surface area (Å²) >= 11 is 0. The summed E-state index contributed by atoms with van der Waals surface area (Å²) in [7, 11) is 0. The third-order valence-corrected chi connectivity index (χ3v) is 2.60. The second-order valence-electron chi connectivity index (χ2n) is 4.02. The largest absolute Gasteiger partial charge is 0.456 e. The first-order valence-corrected chi connectivity index (χ1v) is 5.71. The fourth-order valence-corrected chi connectivity index (χ4v) is 1.69. The molecule has 20 heavy (non-hydrogen) atoms. The highest BCUT2D eigenvalue weighted by Crippen LogP contribution is 2.28. The van der Waals surface area contributed by atoms with Crippen molar-refractivity contribution in [3.05, 3.63) is 64.0 Å². The maximum atomic E-state index is 13.6. The van der Waals surface area contributed by atoms with Crippen LogP contribution in [0.4, 0.5) is 10.1 Å². The molecule has 0 atom stereocenters. The standard InChI is InChI=1S/C14H10FNO4/c1-9(17)14-12(15)3-2-4-13(14)20-11-7-5-10(6-8-11)16(18)19/h2-8H,1H3. The lowest BCUT2D eigenvalue weighted by molar-refractivity contribution is -0.384. The molecule has 0 aliphatic carbocycles. The summed E-state index contributed by atoms with van der Waals surface area (Å²) < 4.78 is 19.0. The fourth-order valence-electron chi connectivity index (χ4n) is 1.69. The summed E-state index contributed by atoms with van der Waals surface area (Å²) in [4.78, 5) is 21.4. The van der Waals surface area contributed by atoms with Gasteiger partial charge in [0, 0.05) is 12.1 Å². The molecule has 0 heterocycles. The van der Waals surface area contributed by atoms with Crippen LogP contribution >= 0.6 is 0 Å². The third-order valence-electron chi connectivity index (χ3n) is 2.60. The minimum atomic E-state index is -0.670. The smallest absolute Gasteiger partial charge is 0.269 e. The van der Waals surface area contributed by atoms with E-state index < -0.39 is 16.5 Å². The van der Waals surface area contributed by atoms with Gasteiger partial charge in [-0.25, -0.2) is 4.39 Å². The van der Waals surface area contributed by atoms with Gasteiger partial charge in [-0.05, 0) is 31.2 Å². The minimum absolute atomic E-state index is 0.0753. The number of non-ortho nitro benzene ring substituents is 1. The molecule has 5 nitrogen and oxygen atoms in total. The van der Waals surface area contributed by atoms with E-state index in [2.05, 4.69) is 0 Å². The third kappa shape index (κ3) is 2.80. The number of rotatable bonds is 4. The summed E-state index contributed by atoms with van der Waals surface area (Å²) in [6.07, 6.45) is 0. The Bertz CT molecular complexity index is 667. The highest BCUT2D eigenvalue weighted by Gasteiger charge is 2.15. The minimum Gasteiger partial charge on any atom is -0.456 e. The Morgan fingerprint density at radius 3 is 2.40 bits per heavy atom. The summed E-state index contributed by atoms with van der Waals surface area (Å²) in [5.74, 6) is -0.771. The topological polar surface area (TPSA) is 69.4 Å². The molecule has 2 aromatic carbocycles. The first kappa shape index (κ1) is 13.7. The van der Waals surface area contributed by atoms with Crippen LogP contribution in [0.1, 0.15) is 17.3 Å². The van der Waals surface area contributed by atoms with E-state index in [-0.39, 0.29) is 22.7 Å². The lowest BCUT2D eigenvalue weighted by Crippen LogP contribution is -2.00. The van der Waals surface area contributed by atoms with Gasteiger partial charge in [-0.3, -0.25) is 14.9 Å². The number of hydrogen-bond donors (Lipinski definition) is 0. The molecule has 102 valence electrons. The molecule has 2 rings (SSSR count). The van der Waals surface area contributed by atoms with Crippen molar-refractivity contribution in [1.82, 2.24) is 0 Å². The molecule has 0 radical (unpaired) electrons. The van der Waals surface area contributed by atoms with Crippen molar-refractivity contribution in [2.45, 2.75) is 6.92 Å². The number of ether oxygens (including phenoxy) is 1. The van der Waals surface area contributed by atoms with Crippen LogP contribution < -0.4 is 4.74 Å². The van der Waals surface area contributed by atoms with Gasteiger partial charge in [0.2, 0.25) is 0 Å². The maximum absolute atomic E-state index is 13.6. The molecule has 0 unspecified atom stereocenters. The zero-order valence-corrected chi connectivity index (χ0v) is 10.5.